The van der Waals surface area contributed by atoms with Crippen molar-refractivity contribution in [3.63, 3.8) is 0 Å². The van der Waals surface area contributed by atoms with Crippen LogP contribution in [0.25, 0.3) is 0 Å². The third-order valence-electron chi connectivity index (χ3n) is 4.83. The van der Waals surface area contributed by atoms with Crippen LogP contribution in [0.1, 0.15) is 33.1 Å². The minimum Gasteiger partial charge on any atom is -0.379 e. The fourth-order valence-corrected chi connectivity index (χ4v) is 3.44. The zero-order valence-corrected chi connectivity index (χ0v) is 14.5. The molecule has 0 spiro atoms. The molecule has 0 radical (unpaired) electrons. The molecule has 2 aliphatic heterocycles. The number of hydrogen-bond donors (Lipinski definition) is 0. The zero-order valence-electron chi connectivity index (χ0n) is 14.5. The summed E-state index contributed by atoms with van der Waals surface area (Å²) >= 11 is 0. The van der Waals surface area contributed by atoms with E-state index in [-0.39, 0.29) is 18.0 Å². The van der Waals surface area contributed by atoms with Gasteiger partial charge in [-0.3, -0.25) is 14.6 Å². The lowest BCUT2D eigenvalue weighted by Gasteiger charge is -2.41. The van der Waals surface area contributed by atoms with Gasteiger partial charge in [-0.2, -0.15) is 5.26 Å². The summed E-state index contributed by atoms with van der Waals surface area (Å²) in [5.74, 6) is 0.242. The molecule has 0 saturated carbocycles. The number of rotatable bonds is 7. The van der Waals surface area contributed by atoms with Crippen molar-refractivity contribution in [3.05, 3.63) is 0 Å². The van der Waals surface area contributed by atoms with E-state index < -0.39 is 0 Å². The van der Waals surface area contributed by atoms with Crippen LogP contribution < -0.4 is 0 Å². The van der Waals surface area contributed by atoms with E-state index >= 15 is 0 Å². The number of nitriles is 1. The highest BCUT2D eigenvalue weighted by Gasteiger charge is 2.34. The van der Waals surface area contributed by atoms with Crippen LogP contribution in [-0.2, 0) is 9.53 Å². The lowest BCUT2D eigenvalue weighted by atomic mass is 10.0. The van der Waals surface area contributed by atoms with Crippen molar-refractivity contribution in [3.8, 4) is 6.07 Å². The monoisotopic (exact) mass is 322 g/mol. The number of hydrogen-bond acceptors (Lipinski definition) is 5. The number of likely N-dealkylation sites (tertiary alicyclic amines) is 1. The Bertz CT molecular complexity index is 415. The van der Waals surface area contributed by atoms with Gasteiger partial charge in [-0.15, -0.1) is 0 Å². The number of carbonyl (C=O) groups is 1. The fraction of sp³-hybridized carbons (Fsp3) is 0.882. The van der Waals surface area contributed by atoms with Gasteiger partial charge in [0.2, 0.25) is 5.91 Å². The second-order valence-electron chi connectivity index (χ2n) is 6.68. The Balaban J connectivity index is 1.95. The molecule has 1 atom stereocenters. The van der Waals surface area contributed by atoms with Gasteiger partial charge in [0.1, 0.15) is 0 Å². The molecule has 130 valence electrons. The largest absolute Gasteiger partial charge is 0.379 e. The molecule has 6 heteroatoms. The zero-order chi connectivity index (χ0) is 16.7. The molecule has 0 unspecified atom stereocenters. The van der Waals surface area contributed by atoms with Crippen LogP contribution in [0.2, 0.25) is 0 Å². The Morgan fingerprint density at radius 1 is 1.30 bits per heavy atom. The molecule has 0 aromatic heterocycles. The maximum Gasteiger partial charge on any atom is 0.240 e. The summed E-state index contributed by atoms with van der Waals surface area (Å²) in [6, 6.07) is 2.42. The molecule has 1 amide bonds. The molecular formula is C17H30N4O2. The van der Waals surface area contributed by atoms with Gasteiger partial charge in [-0.25, -0.2) is 0 Å². The standard InChI is InChI=1S/C17H30N4O2/c1-15(2)21-8-3-5-16(17(21)22)20(7-4-6-18)10-9-19-11-13-23-14-12-19/h15-16H,3-5,7-14H2,1-2H3/t16-/m0/s1. The fourth-order valence-electron chi connectivity index (χ4n) is 3.44. The van der Waals surface area contributed by atoms with Gasteiger partial charge in [0, 0.05) is 51.7 Å². The topological polar surface area (TPSA) is 59.8 Å². The van der Waals surface area contributed by atoms with Gasteiger partial charge >= 0.3 is 0 Å². The van der Waals surface area contributed by atoms with Crippen molar-refractivity contribution in [2.75, 3.05) is 52.5 Å². The Labute approximate surface area is 140 Å². The molecule has 0 bridgehead atoms. The van der Waals surface area contributed by atoms with Crippen LogP contribution in [0.5, 0.6) is 0 Å². The lowest BCUT2D eigenvalue weighted by Crippen LogP contribution is -2.55. The van der Waals surface area contributed by atoms with E-state index in [4.69, 9.17) is 10.00 Å². The van der Waals surface area contributed by atoms with Crippen LogP contribution in [0.15, 0.2) is 0 Å². The first-order chi connectivity index (χ1) is 11.1. The normalized spacial score (nSPS) is 23.5. The van der Waals surface area contributed by atoms with E-state index in [9.17, 15) is 4.79 Å². The molecule has 2 heterocycles. The third kappa shape index (κ3) is 5.17. The van der Waals surface area contributed by atoms with Crippen molar-refractivity contribution in [2.24, 2.45) is 0 Å². The number of morpholine rings is 1. The third-order valence-corrected chi connectivity index (χ3v) is 4.83. The second-order valence-corrected chi connectivity index (χ2v) is 6.68. The first-order valence-corrected chi connectivity index (χ1v) is 8.85. The van der Waals surface area contributed by atoms with Gasteiger partial charge < -0.3 is 9.64 Å². The maximum atomic E-state index is 12.8. The van der Waals surface area contributed by atoms with Crippen LogP contribution in [0.4, 0.5) is 0 Å². The van der Waals surface area contributed by atoms with Crippen molar-refractivity contribution < 1.29 is 9.53 Å². The van der Waals surface area contributed by atoms with Crippen molar-refractivity contribution in [1.29, 1.82) is 5.26 Å². The average molecular weight is 322 g/mol. The second kappa shape index (κ2) is 9.21. The van der Waals surface area contributed by atoms with Crippen molar-refractivity contribution >= 4 is 5.91 Å². The Kier molecular flexibility index (Phi) is 7.28. The molecular weight excluding hydrogens is 292 g/mol. The number of piperidine rings is 1. The van der Waals surface area contributed by atoms with Gasteiger partial charge in [0.05, 0.1) is 25.3 Å². The summed E-state index contributed by atoms with van der Waals surface area (Å²) < 4.78 is 5.39. The number of amides is 1. The number of nitrogens with zero attached hydrogens (tertiary/aromatic N) is 4. The summed E-state index contributed by atoms with van der Waals surface area (Å²) in [7, 11) is 0. The van der Waals surface area contributed by atoms with E-state index in [1.54, 1.807) is 0 Å². The molecule has 0 aromatic carbocycles. The number of carbonyl (C=O) groups excluding carboxylic acids is 1. The molecule has 0 aliphatic carbocycles. The highest BCUT2D eigenvalue weighted by Crippen LogP contribution is 2.20. The molecule has 0 N–H and O–H groups in total. The minimum atomic E-state index is -0.0551. The van der Waals surface area contributed by atoms with Crippen LogP contribution in [-0.4, -0.2) is 85.2 Å². The molecule has 2 fully saturated rings. The van der Waals surface area contributed by atoms with E-state index in [0.29, 0.717) is 13.0 Å². The van der Waals surface area contributed by atoms with Gasteiger partial charge in [0.15, 0.2) is 0 Å². The highest BCUT2D eigenvalue weighted by molar-refractivity contribution is 5.82. The smallest absolute Gasteiger partial charge is 0.240 e. The van der Waals surface area contributed by atoms with Crippen LogP contribution >= 0.6 is 0 Å². The first-order valence-electron chi connectivity index (χ1n) is 8.85. The quantitative estimate of drug-likeness (QED) is 0.698. The van der Waals surface area contributed by atoms with Gasteiger partial charge in [0.25, 0.3) is 0 Å². The maximum absolute atomic E-state index is 12.8. The SMILES string of the molecule is CC(C)N1CCC[C@H](N(CCC#N)CCN2CCOCC2)C1=O. The predicted octanol–water partition coefficient (Wildman–Crippen LogP) is 0.934. The summed E-state index contributed by atoms with van der Waals surface area (Å²) in [4.78, 5) is 19.4. The molecule has 2 aliphatic rings. The average Bonchev–Trinajstić information content (AvgIpc) is 2.56. The highest BCUT2D eigenvalue weighted by atomic mass is 16.5. The van der Waals surface area contributed by atoms with E-state index in [0.717, 1.165) is 58.8 Å². The van der Waals surface area contributed by atoms with Gasteiger partial charge in [-0.05, 0) is 26.7 Å². The molecule has 0 aromatic rings. The van der Waals surface area contributed by atoms with Crippen molar-refractivity contribution in [1.82, 2.24) is 14.7 Å². The first kappa shape index (κ1) is 18.2. The molecule has 2 rings (SSSR count). The van der Waals surface area contributed by atoms with E-state index in [2.05, 4.69) is 29.7 Å². The van der Waals surface area contributed by atoms with Crippen LogP contribution in [0, 0.1) is 11.3 Å². The molecule has 2 saturated heterocycles. The number of ether oxygens (including phenoxy) is 1. The summed E-state index contributed by atoms with van der Waals surface area (Å²) in [5.41, 5.74) is 0. The summed E-state index contributed by atoms with van der Waals surface area (Å²) in [5, 5.41) is 8.94. The Morgan fingerprint density at radius 3 is 2.70 bits per heavy atom. The lowest BCUT2D eigenvalue weighted by molar-refractivity contribution is -0.142. The molecule has 23 heavy (non-hydrogen) atoms. The van der Waals surface area contributed by atoms with Crippen LogP contribution in [0.3, 0.4) is 0 Å². The van der Waals surface area contributed by atoms with Crippen molar-refractivity contribution in [2.45, 2.75) is 45.2 Å². The predicted molar refractivity (Wildman–Crippen MR) is 88.9 cm³/mol. The Hall–Kier alpha value is -1.16. The van der Waals surface area contributed by atoms with E-state index in [1.165, 1.54) is 0 Å². The summed E-state index contributed by atoms with van der Waals surface area (Å²) in [6.07, 6.45) is 2.44. The summed E-state index contributed by atoms with van der Waals surface area (Å²) in [6.45, 7) is 11.0. The minimum absolute atomic E-state index is 0.0551. The molecule has 6 nitrogen and oxygen atoms in total. The van der Waals surface area contributed by atoms with E-state index in [1.807, 2.05) is 4.90 Å². The Morgan fingerprint density at radius 2 is 2.04 bits per heavy atom. The van der Waals surface area contributed by atoms with Gasteiger partial charge in [-0.1, -0.05) is 0 Å².